The SMILES string of the molecule is CCN1CCC(CC(=O)N2CCN(c3ccccc3)[C@@H](C(=O)O)C2)CC1. The van der Waals surface area contributed by atoms with Crippen LogP contribution in [0.2, 0.25) is 0 Å². The summed E-state index contributed by atoms with van der Waals surface area (Å²) in [6.45, 7) is 6.78. The summed E-state index contributed by atoms with van der Waals surface area (Å²) in [5.41, 5.74) is 0.902. The van der Waals surface area contributed by atoms with Crippen LogP contribution >= 0.6 is 0 Å². The summed E-state index contributed by atoms with van der Waals surface area (Å²) in [6, 6.07) is 8.91. The molecule has 1 aromatic carbocycles. The van der Waals surface area contributed by atoms with Crippen LogP contribution in [0.15, 0.2) is 30.3 Å². The predicted molar refractivity (Wildman–Crippen MR) is 101 cm³/mol. The number of likely N-dealkylation sites (tertiary alicyclic amines) is 1. The number of nitrogens with zero attached hydrogens (tertiary/aromatic N) is 3. The number of benzene rings is 1. The minimum atomic E-state index is -0.873. The number of carboxylic acid groups (broad SMARTS) is 1. The summed E-state index contributed by atoms with van der Waals surface area (Å²) >= 11 is 0. The van der Waals surface area contributed by atoms with Crippen molar-refractivity contribution in [2.24, 2.45) is 5.92 Å². The molecular weight excluding hydrogens is 330 g/mol. The number of carbonyl (C=O) groups is 2. The number of aliphatic carboxylic acids is 1. The molecule has 2 aliphatic rings. The molecule has 142 valence electrons. The van der Waals surface area contributed by atoms with Crippen LogP contribution in [0.3, 0.4) is 0 Å². The normalized spacial score (nSPS) is 22.4. The lowest BCUT2D eigenvalue weighted by molar-refractivity contribution is -0.141. The molecule has 2 fully saturated rings. The summed E-state index contributed by atoms with van der Waals surface area (Å²) in [5.74, 6) is -0.331. The van der Waals surface area contributed by atoms with E-state index in [9.17, 15) is 14.7 Å². The first-order valence-corrected chi connectivity index (χ1v) is 9.63. The van der Waals surface area contributed by atoms with Crippen molar-refractivity contribution in [2.45, 2.75) is 32.2 Å². The van der Waals surface area contributed by atoms with Gasteiger partial charge in [-0.25, -0.2) is 4.79 Å². The van der Waals surface area contributed by atoms with Crippen molar-refractivity contribution >= 4 is 17.6 Å². The second kappa shape index (κ2) is 8.54. The van der Waals surface area contributed by atoms with Gasteiger partial charge in [0.05, 0.1) is 6.54 Å². The van der Waals surface area contributed by atoms with Gasteiger partial charge in [0.2, 0.25) is 5.91 Å². The molecule has 1 atom stereocenters. The van der Waals surface area contributed by atoms with Gasteiger partial charge in [0.15, 0.2) is 0 Å². The van der Waals surface area contributed by atoms with Crippen LogP contribution in [-0.2, 0) is 9.59 Å². The van der Waals surface area contributed by atoms with E-state index in [-0.39, 0.29) is 12.5 Å². The zero-order valence-corrected chi connectivity index (χ0v) is 15.5. The van der Waals surface area contributed by atoms with Crippen LogP contribution < -0.4 is 4.90 Å². The molecule has 0 unspecified atom stereocenters. The number of hydrogen-bond acceptors (Lipinski definition) is 4. The van der Waals surface area contributed by atoms with Gasteiger partial charge in [-0.3, -0.25) is 4.79 Å². The van der Waals surface area contributed by atoms with Crippen LogP contribution in [-0.4, -0.2) is 72.1 Å². The molecule has 26 heavy (non-hydrogen) atoms. The Kier molecular flexibility index (Phi) is 6.14. The largest absolute Gasteiger partial charge is 0.480 e. The third-order valence-corrected chi connectivity index (χ3v) is 5.72. The van der Waals surface area contributed by atoms with E-state index >= 15 is 0 Å². The third-order valence-electron chi connectivity index (χ3n) is 5.72. The fraction of sp³-hybridized carbons (Fsp3) is 0.600. The quantitative estimate of drug-likeness (QED) is 0.870. The Morgan fingerprint density at radius 3 is 2.38 bits per heavy atom. The highest BCUT2D eigenvalue weighted by atomic mass is 16.4. The number of carbonyl (C=O) groups excluding carboxylic acids is 1. The van der Waals surface area contributed by atoms with Crippen molar-refractivity contribution < 1.29 is 14.7 Å². The molecular formula is C20H29N3O3. The maximum atomic E-state index is 12.7. The van der Waals surface area contributed by atoms with Gasteiger partial charge in [-0.05, 0) is 50.5 Å². The van der Waals surface area contributed by atoms with E-state index in [1.807, 2.05) is 35.2 Å². The second-order valence-electron chi connectivity index (χ2n) is 7.30. The second-order valence-corrected chi connectivity index (χ2v) is 7.30. The first-order chi connectivity index (χ1) is 12.6. The molecule has 2 aliphatic heterocycles. The summed E-state index contributed by atoms with van der Waals surface area (Å²) in [5, 5.41) is 9.66. The molecule has 1 aromatic rings. The van der Waals surface area contributed by atoms with Gasteiger partial charge in [0.25, 0.3) is 0 Å². The minimum Gasteiger partial charge on any atom is -0.480 e. The monoisotopic (exact) mass is 359 g/mol. The van der Waals surface area contributed by atoms with E-state index in [2.05, 4.69) is 11.8 Å². The van der Waals surface area contributed by atoms with Gasteiger partial charge in [-0.1, -0.05) is 25.1 Å². The van der Waals surface area contributed by atoms with E-state index < -0.39 is 12.0 Å². The molecule has 1 amide bonds. The maximum absolute atomic E-state index is 12.7. The lowest BCUT2D eigenvalue weighted by Crippen LogP contribution is -2.58. The van der Waals surface area contributed by atoms with Crippen LogP contribution in [0.1, 0.15) is 26.2 Å². The molecule has 0 aliphatic carbocycles. The van der Waals surface area contributed by atoms with E-state index in [0.29, 0.717) is 25.4 Å². The summed E-state index contributed by atoms with van der Waals surface area (Å²) in [6.07, 6.45) is 2.67. The maximum Gasteiger partial charge on any atom is 0.328 e. The molecule has 2 saturated heterocycles. The van der Waals surface area contributed by atoms with Gasteiger partial charge < -0.3 is 19.8 Å². The number of carboxylic acids is 1. The lowest BCUT2D eigenvalue weighted by Gasteiger charge is -2.41. The smallest absolute Gasteiger partial charge is 0.328 e. The van der Waals surface area contributed by atoms with Crippen molar-refractivity contribution in [1.82, 2.24) is 9.80 Å². The number of rotatable bonds is 5. The standard InChI is InChI=1S/C20H29N3O3/c1-2-21-10-8-16(9-11-21)14-19(24)22-12-13-23(18(15-22)20(25)26)17-6-4-3-5-7-17/h3-7,16,18H,2,8-15H2,1H3,(H,25,26)/t18-/m1/s1. The molecule has 2 heterocycles. The molecule has 6 heteroatoms. The van der Waals surface area contributed by atoms with Crippen LogP contribution in [0.5, 0.6) is 0 Å². The Hall–Kier alpha value is -2.08. The van der Waals surface area contributed by atoms with Gasteiger partial charge in [-0.15, -0.1) is 0 Å². The van der Waals surface area contributed by atoms with E-state index in [1.165, 1.54) is 0 Å². The van der Waals surface area contributed by atoms with Gasteiger partial charge in [0, 0.05) is 25.2 Å². The number of para-hydroxylation sites is 1. The van der Waals surface area contributed by atoms with Crippen molar-refractivity contribution in [3.05, 3.63) is 30.3 Å². The summed E-state index contributed by atoms with van der Waals surface area (Å²) in [7, 11) is 0. The number of hydrogen-bond donors (Lipinski definition) is 1. The lowest BCUT2D eigenvalue weighted by atomic mass is 9.92. The van der Waals surface area contributed by atoms with Crippen molar-refractivity contribution in [2.75, 3.05) is 44.2 Å². The Labute approximate surface area is 155 Å². The number of anilines is 1. The number of amides is 1. The van der Waals surface area contributed by atoms with Gasteiger partial charge in [-0.2, -0.15) is 0 Å². The fourth-order valence-corrected chi connectivity index (χ4v) is 4.03. The highest BCUT2D eigenvalue weighted by Crippen LogP contribution is 2.24. The molecule has 6 nitrogen and oxygen atoms in total. The molecule has 0 aromatic heterocycles. The van der Waals surface area contributed by atoms with E-state index in [1.54, 1.807) is 4.90 Å². The van der Waals surface area contributed by atoms with Crippen molar-refractivity contribution in [3.63, 3.8) is 0 Å². The summed E-state index contributed by atoms with van der Waals surface area (Å²) < 4.78 is 0. The summed E-state index contributed by atoms with van der Waals surface area (Å²) in [4.78, 5) is 30.6. The van der Waals surface area contributed by atoms with E-state index in [0.717, 1.165) is 38.2 Å². The number of piperidine rings is 1. The van der Waals surface area contributed by atoms with Crippen LogP contribution in [0, 0.1) is 5.92 Å². The van der Waals surface area contributed by atoms with E-state index in [4.69, 9.17) is 0 Å². The Morgan fingerprint density at radius 1 is 1.08 bits per heavy atom. The van der Waals surface area contributed by atoms with Crippen molar-refractivity contribution in [1.29, 1.82) is 0 Å². The third kappa shape index (κ3) is 4.36. The number of piperazine rings is 1. The first-order valence-electron chi connectivity index (χ1n) is 9.63. The zero-order chi connectivity index (χ0) is 18.5. The van der Waals surface area contributed by atoms with Crippen LogP contribution in [0.4, 0.5) is 5.69 Å². The average Bonchev–Trinajstić information content (AvgIpc) is 2.68. The molecule has 1 N–H and O–H groups in total. The topological polar surface area (TPSA) is 64.1 Å². The Morgan fingerprint density at radius 2 is 1.77 bits per heavy atom. The first kappa shape index (κ1) is 18.7. The highest BCUT2D eigenvalue weighted by Gasteiger charge is 2.35. The highest BCUT2D eigenvalue weighted by molar-refractivity contribution is 5.82. The van der Waals surface area contributed by atoms with Crippen LogP contribution in [0.25, 0.3) is 0 Å². The average molecular weight is 359 g/mol. The fourth-order valence-electron chi connectivity index (χ4n) is 4.03. The zero-order valence-electron chi connectivity index (χ0n) is 15.5. The molecule has 0 bridgehead atoms. The predicted octanol–water partition coefficient (Wildman–Crippen LogP) is 1.91. The van der Waals surface area contributed by atoms with Gasteiger partial charge in [0.1, 0.15) is 6.04 Å². The minimum absolute atomic E-state index is 0.110. The molecule has 0 saturated carbocycles. The molecule has 0 spiro atoms. The van der Waals surface area contributed by atoms with Gasteiger partial charge >= 0.3 is 5.97 Å². The Bertz CT molecular complexity index is 614. The molecule has 0 radical (unpaired) electrons. The van der Waals surface area contributed by atoms with Crippen molar-refractivity contribution in [3.8, 4) is 0 Å². The Balaban J connectivity index is 1.58. The molecule has 3 rings (SSSR count).